The lowest BCUT2D eigenvalue weighted by molar-refractivity contribution is 0.0671. The molecule has 3 N–H and O–H groups in total. The maximum Gasteiger partial charge on any atom is 0.191 e. The third-order valence-electron chi connectivity index (χ3n) is 4.17. The van der Waals surface area contributed by atoms with E-state index in [0.29, 0.717) is 5.96 Å². The van der Waals surface area contributed by atoms with Crippen LogP contribution in [0.3, 0.4) is 0 Å². The fourth-order valence-electron chi connectivity index (χ4n) is 2.58. The monoisotopic (exact) mass is 506 g/mol. The Morgan fingerprint density at radius 3 is 2.70 bits per heavy atom. The minimum absolute atomic E-state index is 0. The maximum atomic E-state index is 10.7. The number of thiophene rings is 1. The second-order valence-corrected chi connectivity index (χ2v) is 7.73. The van der Waals surface area contributed by atoms with E-state index in [-0.39, 0.29) is 36.6 Å². The lowest BCUT2D eigenvalue weighted by atomic mass is 10.0. The van der Waals surface area contributed by atoms with Crippen LogP contribution in [0.5, 0.6) is 0 Å². The average Bonchev–Trinajstić information content (AvgIpc) is 3.24. The molecule has 0 radical (unpaired) electrons. The van der Waals surface area contributed by atoms with Crippen LogP contribution in [-0.2, 0) is 12.6 Å². The van der Waals surface area contributed by atoms with Crippen LogP contribution >= 0.6 is 35.3 Å². The van der Waals surface area contributed by atoms with Gasteiger partial charge in [0, 0.05) is 36.8 Å². The summed E-state index contributed by atoms with van der Waals surface area (Å²) in [7, 11) is 5.98. The van der Waals surface area contributed by atoms with Gasteiger partial charge in [0.25, 0.3) is 0 Å². The molecule has 0 amide bonds. The third kappa shape index (κ3) is 7.05. The van der Waals surface area contributed by atoms with Crippen molar-refractivity contribution in [2.24, 2.45) is 12.0 Å². The highest BCUT2D eigenvalue weighted by atomic mass is 127. The van der Waals surface area contributed by atoms with Gasteiger partial charge in [-0.15, -0.1) is 35.3 Å². The van der Waals surface area contributed by atoms with E-state index >= 15 is 0 Å². The van der Waals surface area contributed by atoms with Gasteiger partial charge in [0.2, 0.25) is 0 Å². The summed E-state index contributed by atoms with van der Waals surface area (Å²) in [6.07, 6.45) is 3.49. The van der Waals surface area contributed by atoms with Crippen molar-refractivity contribution in [3.05, 3.63) is 40.3 Å². The molecule has 2 aromatic rings. The number of aliphatic hydroxyl groups is 1. The van der Waals surface area contributed by atoms with Crippen LogP contribution in [-0.4, -0.2) is 59.5 Å². The molecular weight excluding hydrogens is 475 g/mol. The van der Waals surface area contributed by atoms with Crippen molar-refractivity contribution < 1.29 is 5.11 Å². The SMILES string of the molecule is CCNC(=NCC(C)(O)c1cnn(C)c1)NCC(c1cccs1)N(C)C.I. The molecule has 0 saturated carbocycles. The molecule has 0 aromatic carbocycles. The first-order valence-electron chi connectivity index (χ1n) is 8.77. The van der Waals surface area contributed by atoms with Crippen LogP contribution < -0.4 is 10.6 Å². The summed E-state index contributed by atoms with van der Waals surface area (Å²) in [6.45, 7) is 5.52. The topological polar surface area (TPSA) is 77.7 Å². The molecule has 0 aliphatic carbocycles. The van der Waals surface area contributed by atoms with Gasteiger partial charge in [-0.05, 0) is 39.4 Å². The first kappa shape index (κ1) is 23.9. The average molecular weight is 506 g/mol. The number of nitrogens with zero attached hydrogens (tertiary/aromatic N) is 4. The number of likely N-dealkylation sites (N-methyl/N-ethyl adjacent to an activating group) is 1. The second kappa shape index (κ2) is 11.0. The van der Waals surface area contributed by atoms with E-state index in [1.165, 1.54) is 4.88 Å². The van der Waals surface area contributed by atoms with Crippen molar-refractivity contribution in [3.8, 4) is 0 Å². The normalized spacial score (nSPS) is 15.1. The van der Waals surface area contributed by atoms with Gasteiger partial charge >= 0.3 is 0 Å². The summed E-state index contributed by atoms with van der Waals surface area (Å²) < 4.78 is 1.68. The molecular formula is C18H31IN6OS. The molecule has 0 spiro atoms. The van der Waals surface area contributed by atoms with Crippen LogP contribution in [0.25, 0.3) is 0 Å². The summed E-state index contributed by atoms with van der Waals surface area (Å²) in [5, 5.41) is 23.6. The molecule has 0 aliphatic rings. The van der Waals surface area contributed by atoms with E-state index in [0.717, 1.165) is 18.7 Å². The summed E-state index contributed by atoms with van der Waals surface area (Å²) in [5.74, 6) is 0.695. The number of aliphatic imine (C=N–C) groups is 1. The van der Waals surface area contributed by atoms with Crippen molar-refractivity contribution in [3.63, 3.8) is 0 Å². The maximum absolute atomic E-state index is 10.7. The Balaban J connectivity index is 0.00000364. The van der Waals surface area contributed by atoms with Crippen LogP contribution in [0.4, 0.5) is 0 Å². The largest absolute Gasteiger partial charge is 0.383 e. The van der Waals surface area contributed by atoms with Crippen molar-refractivity contribution in [2.75, 3.05) is 33.7 Å². The molecule has 2 heterocycles. The summed E-state index contributed by atoms with van der Waals surface area (Å²) in [4.78, 5) is 8.07. The summed E-state index contributed by atoms with van der Waals surface area (Å²) >= 11 is 1.75. The Morgan fingerprint density at radius 2 is 2.19 bits per heavy atom. The fourth-order valence-corrected chi connectivity index (χ4v) is 3.50. The highest BCUT2D eigenvalue weighted by Crippen LogP contribution is 2.22. The van der Waals surface area contributed by atoms with Crippen LogP contribution in [0.2, 0.25) is 0 Å². The molecule has 0 aliphatic heterocycles. The highest BCUT2D eigenvalue weighted by molar-refractivity contribution is 14.0. The van der Waals surface area contributed by atoms with Gasteiger partial charge in [-0.1, -0.05) is 6.07 Å². The fraction of sp³-hybridized carbons (Fsp3) is 0.556. The van der Waals surface area contributed by atoms with Crippen molar-refractivity contribution in [1.82, 2.24) is 25.3 Å². The lowest BCUT2D eigenvalue weighted by Crippen LogP contribution is -2.42. The van der Waals surface area contributed by atoms with Gasteiger partial charge in [0.05, 0.1) is 18.8 Å². The van der Waals surface area contributed by atoms with Gasteiger partial charge in [0.1, 0.15) is 5.60 Å². The first-order valence-corrected chi connectivity index (χ1v) is 9.65. The molecule has 2 aromatic heterocycles. The van der Waals surface area contributed by atoms with E-state index in [9.17, 15) is 5.11 Å². The van der Waals surface area contributed by atoms with Gasteiger partial charge in [-0.3, -0.25) is 4.68 Å². The number of hydrogen-bond donors (Lipinski definition) is 3. The quantitative estimate of drug-likeness (QED) is 0.291. The third-order valence-corrected chi connectivity index (χ3v) is 5.15. The highest BCUT2D eigenvalue weighted by Gasteiger charge is 2.25. The van der Waals surface area contributed by atoms with E-state index in [2.05, 4.69) is 57.2 Å². The zero-order valence-electron chi connectivity index (χ0n) is 16.6. The number of aromatic nitrogens is 2. The number of nitrogens with one attached hydrogen (secondary N) is 2. The standard InChI is InChI=1S/C18H30N6OS.HI/c1-6-19-17(20-11-15(23(3)4)16-8-7-9-26-16)21-13-18(2,25)14-10-22-24(5)12-14;/h7-10,12,15,25H,6,11,13H2,1-5H3,(H2,19,20,21);1H. The Bertz CT molecular complexity index is 699. The minimum atomic E-state index is -1.06. The number of aryl methyl sites for hydroxylation is 1. The van der Waals surface area contributed by atoms with Gasteiger partial charge < -0.3 is 20.6 Å². The van der Waals surface area contributed by atoms with Crippen molar-refractivity contribution in [1.29, 1.82) is 0 Å². The van der Waals surface area contributed by atoms with E-state index in [1.54, 1.807) is 29.1 Å². The predicted molar refractivity (Wildman–Crippen MR) is 123 cm³/mol. The number of rotatable bonds is 8. The molecule has 2 rings (SSSR count). The van der Waals surface area contributed by atoms with E-state index in [1.807, 2.05) is 20.2 Å². The van der Waals surface area contributed by atoms with Crippen LogP contribution in [0.1, 0.15) is 30.3 Å². The molecule has 7 nitrogen and oxygen atoms in total. The Morgan fingerprint density at radius 1 is 1.44 bits per heavy atom. The van der Waals surface area contributed by atoms with E-state index in [4.69, 9.17) is 0 Å². The smallest absolute Gasteiger partial charge is 0.191 e. The van der Waals surface area contributed by atoms with Gasteiger partial charge in [-0.25, -0.2) is 4.99 Å². The number of hydrogen-bond acceptors (Lipinski definition) is 5. The van der Waals surface area contributed by atoms with Crippen molar-refractivity contribution >= 4 is 41.3 Å². The number of halogens is 1. The van der Waals surface area contributed by atoms with Crippen LogP contribution in [0.15, 0.2) is 34.9 Å². The van der Waals surface area contributed by atoms with Gasteiger partial charge in [0.15, 0.2) is 5.96 Å². The Labute approximate surface area is 182 Å². The minimum Gasteiger partial charge on any atom is -0.383 e. The predicted octanol–water partition coefficient (Wildman–Crippen LogP) is 2.17. The second-order valence-electron chi connectivity index (χ2n) is 6.75. The summed E-state index contributed by atoms with van der Waals surface area (Å²) in [5.41, 5.74) is -0.310. The lowest BCUT2D eigenvalue weighted by Gasteiger charge is -2.25. The zero-order chi connectivity index (χ0) is 19.2. The van der Waals surface area contributed by atoms with Crippen LogP contribution in [0, 0.1) is 0 Å². The molecule has 0 bridgehead atoms. The molecule has 27 heavy (non-hydrogen) atoms. The molecule has 152 valence electrons. The van der Waals surface area contributed by atoms with Gasteiger partial charge in [-0.2, -0.15) is 5.10 Å². The molecule has 2 unspecified atom stereocenters. The zero-order valence-corrected chi connectivity index (χ0v) is 19.8. The Kier molecular flexibility index (Phi) is 9.71. The molecule has 9 heteroatoms. The molecule has 2 atom stereocenters. The molecule has 0 fully saturated rings. The molecule has 0 saturated heterocycles. The van der Waals surface area contributed by atoms with Crippen molar-refractivity contribution in [2.45, 2.75) is 25.5 Å². The number of guanidine groups is 1. The van der Waals surface area contributed by atoms with E-state index < -0.39 is 5.60 Å². The first-order chi connectivity index (χ1) is 12.3. The summed E-state index contributed by atoms with van der Waals surface area (Å²) in [6, 6.07) is 4.48. The Hall–Kier alpha value is -1.17.